The van der Waals surface area contributed by atoms with Gasteiger partial charge in [0.25, 0.3) is 0 Å². The summed E-state index contributed by atoms with van der Waals surface area (Å²) in [6.07, 6.45) is 4.06. The fraction of sp³-hybridized carbons (Fsp3) is 0.471. The number of benzene rings is 1. The SMILES string of the molecule is C=CCCCN(C)C(=NC)NCCOCc1ccccc1. The molecule has 4 heteroatoms. The quantitative estimate of drug-likeness (QED) is 0.329. The molecule has 116 valence electrons. The van der Waals surface area contributed by atoms with Crippen LogP contribution >= 0.6 is 0 Å². The van der Waals surface area contributed by atoms with Crippen molar-refractivity contribution in [1.82, 2.24) is 10.2 Å². The second-order valence-electron chi connectivity index (χ2n) is 4.86. The molecule has 0 aliphatic rings. The second kappa shape index (κ2) is 10.9. The Balaban J connectivity index is 2.16. The maximum atomic E-state index is 5.64. The number of allylic oxidation sites excluding steroid dienone is 1. The highest BCUT2D eigenvalue weighted by Crippen LogP contribution is 1.99. The Kier molecular flexibility index (Phi) is 8.96. The summed E-state index contributed by atoms with van der Waals surface area (Å²) in [7, 11) is 3.85. The van der Waals surface area contributed by atoms with Gasteiger partial charge in [-0.15, -0.1) is 6.58 Å². The Morgan fingerprint density at radius 1 is 1.38 bits per heavy atom. The van der Waals surface area contributed by atoms with Crippen LogP contribution < -0.4 is 5.32 Å². The summed E-state index contributed by atoms with van der Waals surface area (Å²) in [6, 6.07) is 10.2. The maximum absolute atomic E-state index is 5.64. The van der Waals surface area contributed by atoms with Crippen molar-refractivity contribution < 1.29 is 4.74 Å². The number of hydrogen-bond acceptors (Lipinski definition) is 2. The van der Waals surface area contributed by atoms with Crippen LogP contribution in [0.4, 0.5) is 0 Å². The Morgan fingerprint density at radius 2 is 2.14 bits per heavy atom. The van der Waals surface area contributed by atoms with Gasteiger partial charge in [-0.3, -0.25) is 4.99 Å². The number of unbranched alkanes of at least 4 members (excludes halogenated alkanes) is 1. The van der Waals surface area contributed by atoms with Gasteiger partial charge in [-0.1, -0.05) is 36.4 Å². The molecule has 1 rings (SSSR count). The lowest BCUT2D eigenvalue weighted by Crippen LogP contribution is -2.40. The third-order valence-corrected chi connectivity index (χ3v) is 3.12. The first-order valence-corrected chi connectivity index (χ1v) is 7.42. The van der Waals surface area contributed by atoms with E-state index >= 15 is 0 Å². The molecule has 0 unspecified atom stereocenters. The monoisotopic (exact) mass is 289 g/mol. The average Bonchev–Trinajstić information content (AvgIpc) is 2.52. The third-order valence-electron chi connectivity index (χ3n) is 3.12. The van der Waals surface area contributed by atoms with E-state index in [9.17, 15) is 0 Å². The molecule has 0 heterocycles. The van der Waals surface area contributed by atoms with E-state index < -0.39 is 0 Å². The molecule has 1 aromatic carbocycles. The zero-order chi connectivity index (χ0) is 15.3. The molecular formula is C17H27N3O. The summed E-state index contributed by atoms with van der Waals surface area (Å²) in [5.74, 6) is 0.905. The zero-order valence-corrected chi connectivity index (χ0v) is 13.2. The zero-order valence-electron chi connectivity index (χ0n) is 13.2. The number of aliphatic imine (C=N–C) groups is 1. The normalized spacial score (nSPS) is 11.2. The molecule has 0 atom stereocenters. The first-order valence-electron chi connectivity index (χ1n) is 7.42. The molecule has 0 saturated heterocycles. The van der Waals surface area contributed by atoms with Crippen LogP contribution in [0.2, 0.25) is 0 Å². The van der Waals surface area contributed by atoms with Gasteiger partial charge in [-0.2, -0.15) is 0 Å². The lowest BCUT2D eigenvalue weighted by Gasteiger charge is -2.21. The highest BCUT2D eigenvalue weighted by Gasteiger charge is 2.04. The molecule has 0 spiro atoms. The van der Waals surface area contributed by atoms with Gasteiger partial charge in [0.1, 0.15) is 0 Å². The van der Waals surface area contributed by atoms with E-state index in [-0.39, 0.29) is 0 Å². The molecule has 21 heavy (non-hydrogen) atoms. The van der Waals surface area contributed by atoms with E-state index in [2.05, 4.69) is 33.9 Å². The molecular weight excluding hydrogens is 262 g/mol. The molecule has 0 saturated carbocycles. The van der Waals surface area contributed by atoms with Gasteiger partial charge in [-0.05, 0) is 18.4 Å². The minimum atomic E-state index is 0.649. The van der Waals surface area contributed by atoms with Crippen molar-refractivity contribution in [3.63, 3.8) is 0 Å². The summed E-state index contributed by atoms with van der Waals surface area (Å²) in [6.45, 7) is 6.77. The minimum absolute atomic E-state index is 0.649. The lowest BCUT2D eigenvalue weighted by molar-refractivity contribution is 0.125. The second-order valence-corrected chi connectivity index (χ2v) is 4.86. The van der Waals surface area contributed by atoms with Crippen LogP contribution in [0, 0.1) is 0 Å². The lowest BCUT2D eigenvalue weighted by atomic mass is 10.2. The van der Waals surface area contributed by atoms with Gasteiger partial charge in [-0.25, -0.2) is 0 Å². The van der Waals surface area contributed by atoms with E-state index in [1.165, 1.54) is 5.56 Å². The smallest absolute Gasteiger partial charge is 0.193 e. The third kappa shape index (κ3) is 7.51. The largest absolute Gasteiger partial charge is 0.375 e. The van der Waals surface area contributed by atoms with Crippen molar-refractivity contribution in [3.8, 4) is 0 Å². The Morgan fingerprint density at radius 3 is 2.81 bits per heavy atom. The number of hydrogen-bond donors (Lipinski definition) is 1. The molecule has 1 N–H and O–H groups in total. The van der Waals surface area contributed by atoms with Gasteiger partial charge >= 0.3 is 0 Å². The van der Waals surface area contributed by atoms with Crippen molar-refractivity contribution in [3.05, 3.63) is 48.6 Å². The summed E-state index contributed by atoms with van der Waals surface area (Å²) in [5, 5.41) is 3.31. The van der Waals surface area contributed by atoms with Crippen LogP contribution in [0.1, 0.15) is 18.4 Å². The van der Waals surface area contributed by atoms with Gasteiger partial charge in [0.2, 0.25) is 0 Å². The van der Waals surface area contributed by atoms with Crippen molar-refractivity contribution in [2.24, 2.45) is 4.99 Å². The van der Waals surface area contributed by atoms with Crippen LogP contribution in [0.25, 0.3) is 0 Å². The van der Waals surface area contributed by atoms with Gasteiger partial charge < -0.3 is 15.0 Å². The van der Waals surface area contributed by atoms with Crippen LogP contribution in [-0.2, 0) is 11.3 Å². The summed E-state index contributed by atoms with van der Waals surface area (Å²) >= 11 is 0. The fourth-order valence-corrected chi connectivity index (χ4v) is 1.96. The first kappa shape index (κ1) is 17.2. The fourth-order valence-electron chi connectivity index (χ4n) is 1.96. The van der Waals surface area contributed by atoms with E-state index in [0.29, 0.717) is 13.2 Å². The molecule has 4 nitrogen and oxygen atoms in total. The average molecular weight is 289 g/mol. The number of nitrogens with one attached hydrogen (secondary N) is 1. The Bertz CT molecular complexity index is 417. The van der Waals surface area contributed by atoms with Crippen LogP contribution in [0.3, 0.4) is 0 Å². The van der Waals surface area contributed by atoms with E-state index in [4.69, 9.17) is 4.74 Å². The summed E-state index contributed by atoms with van der Waals surface area (Å²) < 4.78 is 5.64. The van der Waals surface area contributed by atoms with Crippen molar-refractivity contribution in [2.75, 3.05) is 33.8 Å². The number of ether oxygens (including phenoxy) is 1. The Labute approximate surface area is 128 Å². The number of nitrogens with zero attached hydrogens (tertiary/aromatic N) is 2. The highest BCUT2D eigenvalue weighted by molar-refractivity contribution is 5.79. The van der Waals surface area contributed by atoms with Crippen molar-refractivity contribution >= 4 is 5.96 Å². The maximum Gasteiger partial charge on any atom is 0.193 e. The van der Waals surface area contributed by atoms with Crippen LogP contribution in [0.5, 0.6) is 0 Å². The van der Waals surface area contributed by atoms with Crippen molar-refractivity contribution in [2.45, 2.75) is 19.4 Å². The Hall–Kier alpha value is -1.81. The highest BCUT2D eigenvalue weighted by atomic mass is 16.5. The first-order chi connectivity index (χ1) is 10.3. The van der Waals surface area contributed by atoms with E-state index in [1.807, 2.05) is 31.3 Å². The summed E-state index contributed by atoms with van der Waals surface area (Å²) in [5.41, 5.74) is 1.20. The van der Waals surface area contributed by atoms with E-state index in [1.54, 1.807) is 7.05 Å². The van der Waals surface area contributed by atoms with Crippen LogP contribution in [0.15, 0.2) is 48.0 Å². The molecule has 0 aliphatic carbocycles. The number of guanidine groups is 1. The van der Waals surface area contributed by atoms with Crippen molar-refractivity contribution in [1.29, 1.82) is 0 Å². The molecule has 0 amide bonds. The molecule has 0 aromatic heterocycles. The summed E-state index contributed by atoms with van der Waals surface area (Å²) in [4.78, 5) is 6.40. The van der Waals surface area contributed by atoms with E-state index in [0.717, 1.165) is 31.9 Å². The van der Waals surface area contributed by atoms with Gasteiger partial charge in [0.05, 0.1) is 13.2 Å². The predicted octanol–water partition coefficient (Wildman–Crippen LogP) is 2.68. The molecule has 0 fully saturated rings. The van der Waals surface area contributed by atoms with Gasteiger partial charge in [0.15, 0.2) is 5.96 Å². The topological polar surface area (TPSA) is 36.9 Å². The van der Waals surface area contributed by atoms with Gasteiger partial charge in [0, 0.05) is 27.2 Å². The molecule has 1 aromatic rings. The standard InChI is InChI=1S/C17H27N3O/c1-4-5-9-13-20(3)17(18-2)19-12-14-21-15-16-10-7-6-8-11-16/h4,6-8,10-11H,1,5,9,12-15H2,2-3H3,(H,18,19). The van der Waals surface area contributed by atoms with Crippen LogP contribution in [-0.4, -0.2) is 44.7 Å². The predicted molar refractivity (Wildman–Crippen MR) is 89.5 cm³/mol. The molecule has 0 aliphatic heterocycles. The number of rotatable bonds is 9. The molecule has 0 radical (unpaired) electrons. The minimum Gasteiger partial charge on any atom is -0.375 e. The molecule has 0 bridgehead atoms.